The lowest BCUT2D eigenvalue weighted by atomic mass is 10.2. The third kappa shape index (κ3) is 3.87. The molecule has 2 aromatic carbocycles. The summed E-state index contributed by atoms with van der Waals surface area (Å²) < 4.78 is 36.5. The first-order chi connectivity index (χ1) is 11.5. The van der Waals surface area contributed by atoms with Crippen molar-refractivity contribution in [2.75, 3.05) is 18.6 Å². The van der Waals surface area contributed by atoms with Crippen molar-refractivity contribution in [1.29, 1.82) is 0 Å². The molecular formula is C16H15BrO4S3. The maximum atomic E-state index is 12.5. The molecule has 128 valence electrons. The van der Waals surface area contributed by atoms with Gasteiger partial charge in [0.15, 0.2) is 11.5 Å². The maximum Gasteiger partial charge on any atom is 0.340 e. The molecule has 0 atom stereocenters. The number of thioether (sulfide) groups is 2. The van der Waals surface area contributed by atoms with Gasteiger partial charge in [-0.1, -0.05) is 18.2 Å². The third-order valence-corrected chi connectivity index (χ3v) is 8.74. The molecule has 3 rings (SSSR count). The second-order valence-electron chi connectivity index (χ2n) is 4.95. The molecule has 0 saturated carbocycles. The van der Waals surface area contributed by atoms with Gasteiger partial charge in [-0.05, 0) is 45.8 Å². The van der Waals surface area contributed by atoms with Crippen molar-refractivity contribution in [2.24, 2.45) is 0 Å². The van der Waals surface area contributed by atoms with Crippen LogP contribution in [0.25, 0.3) is 0 Å². The Bertz CT molecular complexity index is 833. The molecule has 2 aromatic rings. The third-order valence-electron chi connectivity index (χ3n) is 3.39. The minimum Gasteiger partial charge on any atom is -0.493 e. The second-order valence-corrected chi connectivity index (χ2v) is 10.0. The Hall–Kier alpha value is -0.830. The molecule has 1 saturated heterocycles. The van der Waals surface area contributed by atoms with E-state index >= 15 is 0 Å². The van der Waals surface area contributed by atoms with Gasteiger partial charge in [0.2, 0.25) is 0 Å². The highest BCUT2D eigenvalue weighted by atomic mass is 79.9. The highest BCUT2D eigenvalue weighted by molar-refractivity contribution is 9.10. The summed E-state index contributed by atoms with van der Waals surface area (Å²) in [6.45, 7) is 0. The van der Waals surface area contributed by atoms with Crippen LogP contribution in [0.2, 0.25) is 0 Å². The lowest BCUT2D eigenvalue weighted by Gasteiger charge is -2.14. The lowest BCUT2D eigenvalue weighted by Crippen LogP contribution is -2.11. The predicted octanol–water partition coefficient (Wildman–Crippen LogP) is 4.70. The number of hydrogen-bond acceptors (Lipinski definition) is 6. The minimum absolute atomic E-state index is 0.0815. The number of hydrogen-bond donors (Lipinski definition) is 0. The molecule has 0 N–H and O–H groups in total. The average molecular weight is 447 g/mol. The normalized spacial score (nSPS) is 15.4. The zero-order chi connectivity index (χ0) is 17.2. The highest BCUT2D eigenvalue weighted by Crippen LogP contribution is 2.47. The molecule has 0 radical (unpaired) electrons. The standard InChI is InChI=1S/C16H15BrO4S3/c1-20-14-10-11(16-22-8-9-23-16)6-7-13(14)21-24(18,19)15-5-3-2-4-12(15)17/h2-7,10,16H,8-9H2,1H3. The summed E-state index contributed by atoms with van der Waals surface area (Å²) >= 11 is 6.99. The number of benzene rings is 2. The first-order valence-electron chi connectivity index (χ1n) is 7.11. The summed E-state index contributed by atoms with van der Waals surface area (Å²) in [6, 6.07) is 11.9. The van der Waals surface area contributed by atoms with E-state index in [-0.39, 0.29) is 10.6 Å². The van der Waals surface area contributed by atoms with Crippen LogP contribution in [0, 0.1) is 0 Å². The minimum atomic E-state index is -3.95. The van der Waals surface area contributed by atoms with E-state index in [1.165, 1.54) is 13.2 Å². The van der Waals surface area contributed by atoms with Gasteiger partial charge in [0.25, 0.3) is 0 Å². The summed E-state index contributed by atoms with van der Waals surface area (Å²) in [5, 5.41) is 0. The molecular weight excluding hydrogens is 432 g/mol. The Kier molecular flexibility index (Phi) is 5.69. The monoisotopic (exact) mass is 446 g/mol. The van der Waals surface area contributed by atoms with E-state index in [0.717, 1.165) is 17.1 Å². The Balaban J connectivity index is 1.90. The van der Waals surface area contributed by atoms with Crippen LogP contribution < -0.4 is 8.92 Å². The van der Waals surface area contributed by atoms with E-state index in [0.29, 0.717) is 14.8 Å². The van der Waals surface area contributed by atoms with Gasteiger partial charge < -0.3 is 8.92 Å². The van der Waals surface area contributed by atoms with Gasteiger partial charge in [0.05, 0.1) is 11.7 Å². The first-order valence-corrected chi connectivity index (χ1v) is 11.4. The van der Waals surface area contributed by atoms with Gasteiger partial charge in [-0.2, -0.15) is 8.42 Å². The van der Waals surface area contributed by atoms with Crippen LogP contribution >= 0.6 is 39.5 Å². The molecule has 24 heavy (non-hydrogen) atoms. The fraction of sp³-hybridized carbons (Fsp3) is 0.250. The molecule has 1 heterocycles. The lowest BCUT2D eigenvalue weighted by molar-refractivity contribution is 0.390. The summed E-state index contributed by atoms with van der Waals surface area (Å²) in [4.78, 5) is 0.0815. The number of rotatable bonds is 5. The summed E-state index contributed by atoms with van der Waals surface area (Å²) in [6.07, 6.45) is 0. The van der Waals surface area contributed by atoms with E-state index < -0.39 is 10.1 Å². The predicted molar refractivity (Wildman–Crippen MR) is 103 cm³/mol. The molecule has 0 spiro atoms. The van der Waals surface area contributed by atoms with Crippen LogP contribution in [0.3, 0.4) is 0 Å². The Morgan fingerprint density at radius 1 is 1.08 bits per heavy atom. The molecule has 1 fully saturated rings. The molecule has 1 aliphatic rings. The molecule has 8 heteroatoms. The highest BCUT2D eigenvalue weighted by Gasteiger charge is 2.24. The average Bonchev–Trinajstić information content (AvgIpc) is 3.09. The van der Waals surface area contributed by atoms with Crippen molar-refractivity contribution in [3.8, 4) is 11.5 Å². The van der Waals surface area contributed by atoms with Gasteiger partial charge in [-0.3, -0.25) is 0 Å². The van der Waals surface area contributed by atoms with Crippen LogP contribution in [0.5, 0.6) is 11.5 Å². The quantitative estimate of drug-likeness (QED) is 0.620. The zero-order valence-corrected chi connectivity index (χ0v) is 16.8. The summed E-state index contributed by atoms with van der Waals surface area (Å²) in [5.41, 5.74) is 1.10. The Morgan fingerprint density at radius 3 is 2.46 bits per heavy atom. The summed E-state index contributed by atoms with van der Waals surface area (Å²) in [7, 11) is -2.44. The fourth-order valence-electron chi connectivity index (χ4n) is 2.26. The van der Waals surface area contributed by atoms with Gasteiger partial charge in [-0.15, -0.1) is 23.5 Å². The van der Waals surface area contributed by atoms with Crippen LogP contribution in [0.15, 0.2) is 51.8 Å². The smallest absolute Gasteiger partial charge is 0.340 e. The van der Waals surface area contributed by atoms with Crippen molar-refractivity contribution in [3.05, 3.63) is 52.5 Å². The zero-order valence-electron chi connectivity index (χ0n) is 12.8. The van der Waals surface area contributed by atoms with E-state index in [9.17, 15) is 8.42 Å². The van der Waals surface area contributed by atoms with E-state index in [2.05, 4.69) is 15.9 Å². The van der Waals surface area contributed by atoms with Gasteiger partial charge in [-0.25, -0.2) is 0 Å². The maximum absolute atomic E-state index is 12.5. The largest absolute Gasteiger partial charge is 0.493 e. The molecule has 0 amide bonds. The van der Waals surface area contributed by atoms with Gasteiger partial charge in [0, 0.05) is 16.0 Å². The van der Waals surface area contributed by atoms with E-state index in [1.807, 2.05) is 35.7 Å². The number of halogens is 1. The van der Waals surface area contributed by atoms with Crippen LogP contribution in [-0.4, -0.2) is 27.0 Å². The van der Waals surface area contributed by atoms with Crippen molar-refractivity contribution in [2.45, 2.75) is 9.48 Å². The SMILES string of the molecule is COc1cc(C2SCCS2)ccc1OS(=O)(=O)c1ccccc1Br. The molecule has 0 bridgehead atoms. The number of methoxy groups -OCH3 is 1. The van der Waals surface area contributed by atoms with E-state index in [1.54, 1.807) is 24.3 Å². The van der Waals surface area contributed by atoms with Crippen LogP contribution in [-0.2, 0) is 10.1 Å². The molecule has 4 nitrogen and oxygen atoms in total. The van der Waals surface area contributed by atoms with Crippen LogP contribution in [0.1, 0.15) is 10.1 Å². The van der Waals surface area contributed by atoms with Gasteiger partial charge in [0.1, 0.15) is 4.90 Å². The Morgan fingerprint density at radius 2 is 1.79 bits per heavy atom. The Labute approximate surface area is 158 Å². The molecule has 1 aliphatic heterocycles. The molecule has 0 unspecified atom stereocenters. The molecule has 0 aromatic heterocycles. The summed E-state index contributed by atoms with van der Waals surface area (Å²) in [5.74, 6) is 2.83. The van der Waals surface area contributed by atoms with Crippen molar-refractivity contribution < 1.29 is 17.3 Å². The second kappa shape index (κ2) is 7.59. The van der Waals surface area contributed by atoms with Gasteiger partial charge >= 0.3 is 10.1 Å². The number of ether oxygens (including phenoxy) is 1. The van der Waals surface area contributed by atoms with Crippen molar-refractivity contribution in [1.82, 2.24) is 0 Å². The van der Waals surface area contributed by atoms with Crippen molar-refractivity contribution in [3.63, 3.8) is 0 Å². The topological polar surface area (TPSA) is 52.6 Å². The first kappa shape index (κ1) is 18.0. The van der Waals surface area contributed by atoms with E-state index in [4.69, 9.17) is 8.92 Å². The fourth-order valence-corrected chi connectivity index (χ4v) is 6.99. The molecule has 0 aliphatic carbocycles. The van der Waals surface area contributed by atoms with Crippen molar-refractivity contribution >= 4 is 49.6 Å². The van der Waals surface area contributed by atoms with Crippen LogP contribution in [0.4, 0.5) is 0 Å².